The van der Waals surface area contributed by atoms with Gasteiger partial charge < -0.3 is 10.0 Å². The first-order chi connectivity index (χ1) is 9.22. The molecule has 1 heterocycles. The molecule has 0 amide bonds. The van der Waals surface area contributed by atoms with Gasteiger partial charge in [-0.1, -0.05) is 45.4 Å². The van der Waals surface area contributed by atoms with Gasteiger partial charge in [-0.3, -0.25) is 5.43 Å². The number of aliphatic hydroxyl groups is 1. The number of piperazine rings is 1. The van der Waals surface area contributed by atoms with Crippen LogP contribution in [0.3, 0.4) is 0 Å². The Kier molecular flexibility index (Phi) is 9.43. The molecule has 1 aliphatic heterocycles. The van der Waals surface area contributed by atoms with Crippen molar-refractivity contribution < 1.29 is 5.11 Å². The zero-order valence-corrected chi connectivity index (χ0v) is 12.9. The lowest BCUT2D eigenvalue weighted by molar-refractivity contribution is 0.0710. The average molecular weight is 271 g/mol. The van der Waals surface area contributed by atoms with E-state index in [9.17, 15) is 5.11 Å². The number of nitrogens with zero attached hydrogens (tertiary/aromatic N) is 2. The molecule has 0 spiro atoms. The molecule has 1 saturated heterocycles. The van der Waals surface area contributed by atoms with E-state index >= 15 is 0 Å². The lowest BCUT2D eigenvalue weighted by atomic mass is 10.1. The first-order valence-electron chi connectivity index (χ1n) is 8.07. The predicted molar refractivity (Wildman–Crippen MR) is 81.1 cm³/mol. The van der Waals surface area contributed by atoms with Crippen molar-refractivity contribution in [3.8, 4) is 0 Å². The molecule has 114 valence electrons. The third-order valence-corrected chi connectivity index (χ3v) is 3.94. The minimum atomic E-state index is -0.189. The maximum atomic E-state index is 9.93. The Hall–Kier alpha value is -0.160. The van der Waals surface area contributed by atoms with Crippen LogP contribution in [0.1, 0.15) is 51.9 Å². The van der Waals surface area contributed by atoms with Gasteiger partial charge >= 0.3 is 0 Å². The lowest BCUT2D eigenvalue weighted by Crippen LogP contribution is -2.52. The molecule has 1 fully saturated rings. The Bertz CT molecular complexity index is 206. The van der Waals surface area contributed by atoms with Gasteiger partial charge in [-0.25, -0.2) is 5.01 Å². The highest BCUT2D eigenvalue weighted by atomic mass is 16.3. The van der Waals surface area contributed by atoms with Crippen LogP contribution in [-0.4, -0.2) is 60.9 Å². The van der Waals surface area contributed by atoms with Gasteiger partial charge in [-0.05, 0) is 13.5 Å². The summed E-state index contributed by atoms with van der Waals surface area (Å²) in [7, 11) is 2.16. The number of hydrazine groups is 1. The van der Waals surface area contributed by atoms with Crippen molar-refractivity contribution in [1.82, 2.24) is 15.3 Å². The molecule has 1 atom stereocenters. The summed E-state index contributed by atoms with van der Waals surface area (Å²) in [5, 5.41) is 12.2. The van der Waals surface area contributed by atoms with Crippen molar-refractivity contribution in [2.75, 3.05) is 39.8 Å². The Morgan fingerprint density at radius 1 is 1.00 bits per heavy atom. The molecule has 1 aliphatic rings. The molecule has 0 aromatic heterocycles. The van der Waals surface area contributed by atoms with E-state index in [2.05, 4.69) is 29.3 Å². The first-order valence-corrected chi connectivity index (χ1v) is 8.07. The highest BCUT2D eigenvalue weighted by molar-refractivity contribution is 4.67. The topological polar surface area (TPSA) is 38.7 Å². The van der Waals surface area contributed by atoms with E-state index in [0.29, 0.717) is 6.54 Å². The fourth-order valence-corrected chi connectivity index (χ4v) is 2.46. The van der Waals surface area contributed by atoms with Gasteiger partial charge in [0.2, 0.25) is 0 Å². The van der Waals surface area contributed by atoms with Crippen molar-refractivity contribution in [2.24, 2.45) is 0 Å². The summed E-state index contributed by atoms with van der Waals surface area (Å²) in [5.74, 6) is 0. The monoisotopic (exact) mass is 271 g/mol. The van der Waals surface area contributed by atoms with Gasteiger partial charge in [0.25, 0.3) is 0 Å². The second-order valence-electron chi connectivity index (χ2n) is 5.86. The fraction of sp³-hybridized carbons (Fsp3) is 1.00. The Balaban J connectivity index is 1.91. The minimum absolute atomic E-state index is 0.189. The Morgan fingerprint density at radius 2 is 1.63 bits per heavy atom. The van der Waals surface area contributed by atoms with Crippen LogP contribution in [0.25, 0.3) is 0 Å². The van der Waals surface area contributed by atoms with Gasteiger partial charge in [0.15, 0.2) is 0 Å². The van der Waals surface area contributed by atoms with Gasteiger partial charge in [0.05, 0.1) is 6.10 Å². The molecule has 0 aromatic rings. The Morgan fingerprint density at radius 3 is 2.32 bits per heavy atom. The zero-order valence-electron chi connectivity index (χ0n) is 12.9. The fourth-order valence-electron chi connectivity index (χ4n) is 2.46. The maximum Gasteiger partial charge on any atom is 0.0678 e. The van der Waals surface area contributed by atoms with Crippen LogP contribution in [0.4, 0.5) is 0 Å². The summed E-state index contributed by atoms with van der Waals surface area (Å²) in [5.41, 5.74) is 3.36. The van der Waals surface area contributed by atoms with E-state index < -0.39 is 0 Å². The van der Waals surface area contributed by atoms with E-state index in [1.165, 1.54) is 32.1 Å². The summed E-state index contributed by atoms with van der Waals surface area (Å²) in [4.78, 5) is 2.34. The third-order valence-electron chi connectivity index (χ3n) is 3.94. The molecule has 0 radical (unpaired) electrons. The van der Waals surface area contributed by atoms with Gasteiger partial charge in [0.1, 0.15) is 0 Å². The quantitative estimate of drug-likeness (QED) is 0.595. The van der Waals surface area contributed by atoms with Crippen LogP contribution < -0.4 is 5.43 Å². The third kappa shape index (κ3) is 8.58. The van der Waals surface area contributed by atoms with Crippen LogP contribution in [0, 0.1) is 0 Å². The molecular weight excluding hydrogens is 238 g/mol. The minimum Gasteiger partial charge on any atom is -0.392 e. The molecule has 4 nitrogen and oxygen atoms in total. The largest absolute Gasteiger partial charge is 0.392 e. The Labute approximate surface area is 119 Å². The number of likely N-dealkylation sites (N-methyl/N-ethyl adjacent to an activating group) is 1. The molecule has 4 heteroatoms. The van der Waals surface area contributed by atoms with Gasteiger partial charge in [-0.15, -0.1) is 0 Å². The zero-order chi connectivity index (χ0) is 13.9. The standard InChI is InChI=1S/C15H33N3O/c1-3-4-5-6-7-8-9-15(19)14-16-18-12-10-17(2)11-13-18/h15-16,19H,3-14H2,1-2H3. The highest BCUT2D eigenvalue weighted by Gasteiger charge is 2.14. The van der Waals surface area contributed by atoms with Crippen LogP contribution in [0.5, 0.6) is 0 Å². The molecule has 1 unspecified atom stereocenters. The van der Waals surface area contributed by atoms with E-state index in [-0.39, 0.29) is 6.10 Å². The highest BCUT2D eigenvalue weighted by Crippen LogP contribution is 2.08. The van der Waals surface area contributed by atoms with E-state index in [4.69, 9.17) is 0 Å². The second kappa shape index (κ2) is 10.6. The summed E-state index contributed by atoms with van der Waals surface area (Å²) in [6, 6.07) is 0. The number of nitrogens with one attached hydrogen (secondary N) is 1. The summed E-state index contributed by atoms with van der Waals surface area (Å²) >= 11 is 0. The van der Waals surface area contributed by atoms with Crippen molar-refractivity contribution >= 4 is 0 Å². The molecule has 19 heavy (non-hydrogen) atoms. The summed E-state index contributed by atoms with van der Waals surface area (Å²) in [6.45, 7) is 7.29. The van der Waals surface area contributed by atoms with Crippen molar-refractivity contribution in [2.45, 2.75) is 58.0 Å². The van der Waals surface area contributed by atoms with Gasteiger partial charge in [0, 0.05) is 32.7 Å². The van der Waals surface area contributed by atoms with E-state index in [0.717, 1.165) is 39.0 Å². The molecule has 0 aromatic carbocycles. The van der Waals surface area contributed by atoms with Crippen LogP contribution >= 0.6 is 0 Å². The number of hydrogen-bond acceptors (Lipinski definition) is 4. The molecule has 0 saturated carbocycles. The molecule has 0 bridgehead atoms. The van der Waals surface area contributed by atoms with E-state index in [1.54, 1.807) is 0 Å². The number of unbranched alkanes of at least 4 members (excludes halogenated alkanes) is 5. The van der Waals surface area contributed by atoms with E-state index in [1.807, 2.05) is 0 Å². The molecular formula is C15H33N3O. The second-order valence-corrected chi connectivity index (χ2v) is 5.86. The van der Waals surface area contributed by atoms with Crippen LogP contribution in [0.2, 0.25) is 0 Å². The summed E-state index contributed by atoms with van der Waals surface area (Å²) in [6.07, 6.45) is 8.52. The van der Waals surface area contributed by atoms with Gasteiger partial charge in [-0.2, -0.15) is 0 Å². The van der Waals surface area contributed by atoms with Crippen LogP contribution in [-0.2, 0) is 0 Å². The molecule has 0 aliphatic carbocycles. The first kappa shape index (κ1) is 16.9. The number of rotatable bonds is 10. The number of hydrogen-bond donors (Lipinski definition) is 2. The maximum absolute atomic E-state index is 9.93. The SMILES string of the molecule is CCCCCCCCC(O)CNN1CCN(C)CC1. The van der Waals surface area contributed by atoms with Crippen molar-refractivity contribution in [1.29, 1.82) is 0 Å². The summed E-state index contributed by atoms with van der Waals surface area (Å²) < 4.78 is 0. The smallest absolute Gasteiger partial charge is 0.0678 e. The van der Waals surface area contributed by atoms with Crippen molar-refractivity contribution in [3.05, 3.63) is 0 Å². The molecule has 2 N–H and O–H groups in total. The molecule has 1 rings (SSSR count). The van der Waals surface area contributed by atoms with Crippen molar-refractivity contribution in [3.63, 3.8) is 0 Å². The number of aliphatic hydroxyl groups excluding tert-OH is 1. The predicted octanol–water partition coefficient (Wildman–Crippen LogP) is 1.85. The average Bonchev–Trinajstić information content (AvgIpc) is 2.42. The van der Waals surface area contributed by atoms with Crippen LogP contribution in [0.15, 0.2) is 0 Å². The lowest BCUT2D eigenvalue weighted by Gasteiger charge is -2.33. The normalized spacial score (nSPS) is 19.7.